The minimum Gasteiger partial charge on any atom is -0.321 e. The van der Waals surface area contributed by atoms with Gasteiger partial charge in [-0.1, -0.05) is 12.1 Å². The molecule has 0 atom stereocenters. The van der Waals surface area contributed by atoms with Gasteiger partial charge in [0.1, 0.15) is 5.82 Å². The summed E-state index contributed by atoms with van der Waals surface area (Å²) in [6, 6.07) is 5.11. The van der Waals surface area contributed by atoms with E-state index in [-0.39, 0.29) is 11.4 Å². The van der Waals surface area contributed by atoms with E-state index in [2.05, 4.69) is 0 Å². The van der Waals surface area contributed by atoms with E-state index in [9.17, 15) is 4.39 Å². The highest BCUT2D eigenvalue weighted by Gasteiger charge is 2.42. The predicted molar refractivity (Wildman–Crippen MR) is 46.2 cm³/mol. The Balaban J connectivity index is 2.55. The Hall–Kier alpha value is -0.890. The van der Waals surface area contributed by atoms with E-state index >= 15 is 0 Å². The maximum Gasteiger partial charge on any atom is 0.128 e. The van der Waals surface area contributed by atoms with Crippen LogP contribution in [0.5, 0.6) is 0 Å². The topological polar surface area (TPSA) is 26.0 Å². The molecule has 0 amide bonds. The fraction of sp³-hybridized carbons (Fsp3) is 0.400. The summed E-state index contributed by atoms with van der Waals surface area (Å²) < 4.78 is 13.3. The summed E-state index contributed by atoms with van der Waals surface area (Å²) in [6.45, 7) is 1.91. The molecular formula is C10H12FN. The van der Waals surface area contributed by atoms with E-state index < -0.39 is 0 Å². The monoisotopic (exact) mass is 165 g/mol. The lowest BCUT2D eigenvalue weighted by Gasteiger charge is -2.13. The van der Waals surface area contributed by atoms with Gasteiger partial charge in [-0.15, -0.1) is 0 Å². The van der Waals surface area contributed by atoms with Crippen molar-refractivity contribution in [3.8, 4) is 0 Å². The third-order valence-corrected chi connectivity index (χ3v) is 2.51. The van der Waals surface area contributed by atoms with E-state index in [1.165, 1.54) is 6.07 Å². The van der Waals surface area contributed by atoms with Gasteiger partial charge < -0.3 is 5.73 Å². The molecule has 2 rings (SSSR count). The summed E-state index contributed by atoms with van der Waals surface area (Å²) in [7, 11) is 0. The first-order valence-electron chi connectivity index (χ1n) is 4.18. The van der Waals surface area contributed by atoms with Crippen LogP contribution in [-0.4, -0.2) is 0 Å². The SMILES string of the molecule is Cc1cccc(F)c1C1(N)CC1. The van der Waals surface area contributed by atoms with Gasteiger partial charge in [-0.25, -0.2) is 4.39 Å². The molecule has 2 heteroatoms. The fourth-order valence-electron chi connectivity index (χ4n) is 1.65. The lowest BCUT2D eigenvalue weighted by Crippen LogP contribution is -2.21. The Kier molecular flexibility index (Phi) is 1.48. The maximum atomic E-state index is 13.3. The van der Waals surface area contributed by atoms with Crippen LogP contribution in [0.1, 0.15) is 24.0 Å². The molecule has 0 unspecified atom stereocenters. The van der Waals surface area contributed by atoms with E-state index in [1.54, 1.807) is 6.07 Å². The van der Waals surface area contributed by atoms with Gasteiger partial charge >= 0.3 is 0 Å². The lowest BCUT2D eigenvalue weighted by molar-refractivity contribution is 0.575. The van der Waals surface area contributed by atoms with Gasteiger partial charge in [0.25, 0.3) is 0 Å². The number of hydrogen-bond acceptors (Lipinski definition) is 1. The quantitative estimate of drug-likeness (QED) is 0.677. The van der Waals surface area contributed by atoms with Crippen LogP contribution in [0.2, 0.25) is 0 Å². The van der Waals surface area contributed by atoms with Crippen molar-refractivity contribution in [2.45, 2.75) is 25.3 Å². The number of aryl methyl sites for hydroxylation is 1. The highest BCUT2D eigenvalue weighted by molar-refractivity contribution is 5.37. The first kappa shape index (κ1) is 7.74. The first-order valence-corrected chi connectivity index (χ1v) is 4.18. The Bertz CT molecular complexity index is 295. The zero-order chi connectivity index (χ0) is 8.77. The molecule has 1 aliphatic rings. The van der Waals surface area contributed by atoms with Crippen LogP contribution in [0.4, 0.5) is 4.39 Å². The fourth-order valence-corrected chi connectivity index (χ4v) is 1.65. The number of benzene rings is 1. The third-order valence-electron chi connectivity index (χ3n) is 2.51. The smallest absolute Gasteiger partial charge is 0.128 e. The van der Waals surface area contributed by atoms with Gasteiger partial charge in [-0.3, -0.25) is 0 Å². The molecule has 2 N–H and O–H groups in total. The molecule has 0 aliphatic heterocycles. The first-order chi connectivity index (χ1) is 5.63. The maximum absolute atomic E-state index is 13.3. The molecule has 0 spiro atoms. The molecule has 0 heterocycles. The van der Waals surface area contributed by atoms with Crippen molar-refractivity contribution < 1.29 is 4.39 Å². The summed E-state index contributed by atoms with van der Waals surface area (Å²) in [5.41, 5.74) is 7.26. The van der Waals surface area contributed by atoms with E-state index in [1.807, 2.05) is 13.0 Å². The Morgan fingerprint density at radius 1 is 1.42 bits per heavy atom. The van der Waals surface area contributed by atoms with Crippen LogP contribution < -0.4 is 5.73 Å². The lowest BCUT2D eigenvalue weighted by atomic mass is 9.99. The number of halogens is 1. The molecule has 64 valence electrons. The number of nitrogens with two attached hydrogens (primary N) is 1. The zero-order valence-electron chi connectivity index (χ0n) is 7.10. The third kappa shape index (κ3) is 1.03. The summed E-state index contributed by atoms with van der Waals surface area (Å²) >= 11 is 0. The summed E-state index contributed by atoms with van der Waals surface area (Å²) in [5.74, 6) is -0.157. The van der Waals surface area contributed by atoms with E-state index in [0.717, 1.165) is 18.4 Å². The van der Waals surface area contributed by atoms with Crippen molar-refractivity contribution >= 4 is 0 Å². The van der Waals surface area contributed by atoms with Gasteiger partial charge in [0.15, 0.2) is 0 Å². The Morgan fingerprint density at radius 2 is 2.08 bits per heavy atom. The van der Waals surface area contributed by atoms with Crippen molar-refractivity contribution in [1.29, 1.82) is 0 Å². The van der Waals surface area contributed by atoms with E-state index in [4.69, 9.17) is 5.73 Å². The summed E-state index contributed by atoms with van der Waals surface area (Å²) in [5, 5.41) is 0. The molecule has 1 fully saturated rings. The molecule has 1 aromatic carbocycles. The van der Waals surface area contributed by atoms with Crippen molar-refractivity contribution in [1.82, 2.24) is 0 Å². The Morgan fingerprint density at radius 3 is 2.58 bits per heavy atom. The van der Waals surface area contributed by atoms with Gasteiger partial charge in [-0.2, -0.15) is 0 Å². The molecule has 0 saturated heterocycles. The summed E-state index contributed by atoms with van der Waals surface area (Å²) in [6.07, 6.45) is 1.82. The minimum absolute atomic E-state index is 0.157. The molecule has 1 saturated carbocycles. The molecule has 12 heavy (non-hydrogen) atoms. The standard InChI is InChI=1S/C10H12FN/c1-7-3-2-4-8(11)9(7)10(12)5-6-10/h2-4H,5-6,12H2,1H3. The largest absolute Gasteiger partial charge is 0.321 e. The van der Waals surface area contributed by atoms with Crippen LogP contribution in [0.25, 0.3) is 0 Å². The van der Waals surface area contributed by atoms with Gasteiger partial charge in [-0.05, 0) is 31.4 Å². The minimum atomic E-state index is -0.352. The van der Waals surface area contributed by atoms with E-state index in [0.29, 0.717) is 5.56 Å². The van der Waals surface area contributed by atoms with Crippen LogP contribution in [0.3, 0.4) is 0 Å². The average molecular weight is 165 g/mol. The van der Waals surface area contributed by atoms with Crippen molar-refractivity contribution in [3.63, 3.8) is 0 Å². The normalized spacial score (nSPS) is 19.2. The second kappa shape index (κ2) is 2.30. The highest BCUT2D eigenvalue weighted by atomic mass is 19.1. The average Bonchev–Trinajstić information content (AvgIpc) is 2.68. The molecular weight excluding hydrogens is 153 g/mol. The summed E-state index contributed by atoms with van der Waals surface area (Å²) in [4.78, 5) is 0. The molecule has 0 bridgehead atoms. The second-order valence-corrected chi connectivity index (χ2v) is 3.59. The van der Waals surface area contributed by atoms with Crippen LogP contribution >= 0.6 is 0 Å². The number of hydrogen-bond donors (Lipinski definition) is 1. The van der Waals surface area contributed by atoms with Crippen LogP contribution in [0.15, 0.2) is 18.2 Å². The molecule has 0 radical (unpaired) electrons. The number of rotatable bonds is 1. The molecule has 1 aromatic rings. The van der Waals surface area contributed by atoms with Gasteiger partial charge in [0, 0.05) is 11.1 Å². The second-order valence-electron chi connectivity index (χ2n) is 3.59. The van der Waals surface area contributed by atoms with Crippen LogP contribution in [-0.2, 0) is 5.54 Å². The molecule has 1 aliphatic carbocycles. The van der Waals surface area contributed by atoms with Crippen LogP contribution in [0, 0.1) is 12.7 Å². The van der Waals surface area contributed by atoms with Crippen molar-refractivity contribution in [2.75, 3.05) is 0 Å². The van der Waals surface area contributed by atoms with Gasteiger partial charge in [0.2, 0.25) is 0 Å². The Labute approximate surface area is 71.4 Å². The van der Waals surface area contributed by atoms with Gasteiger partial charge in [0.05, 0.1) is 0 Å². The predicted octanol–water partition coefficient (Wildman–Crippen LogP) is 2.08. The van der Waals surface area contributed by atoms with Crippen molar-refractivity contribution in [3.05, 3.63) is 35.1 Å². The highest BCUT2D eigenvalue weighted by Crippen LogP contribution is 2.44. The molecule has 1 nitrogen and oxygen atoms in total. The molecule has 0 aromatic heterocycles. The van der Waals surface area contributed by atoms with Crippen molar-refractivity contribution in [2.24, 2.45) is 5.73 Å². The zero-order valence-corrected chi connectivity index (χ0v) is 7.10.